The second-order valence-corrected chi connectivity index (χ2v) is 9.22. The van der Waals surface area contributed by atoms with Crippen molar-refractivity contribution >= 4 is 34.1 Å². The molecule has 0 bridgehead atoms. The van der Waals surface area contributed by atoms with Gasteiger partial charge in [-0.25, -0.2) is 4.79 Å². The van der Waals surface area contributed by atoms with Crippen molar-refractivity contribution in [2.24, 2.45) is 10.2 Å². The van der Waals surface area contributed by atoms with Gasteiger partial charge in [0.05, 0.1) is 33.6 Å². The maximum absolute atomic E-state index is 12.5. The van der Waals surface area contributed by atoms with Gasteiger partial charge in [0, 0.05) is 42.1 Å². The lowest BCUT2D eigenvalue weighted by molar-refractivity contribution is 0.0993. The molecule has 38 heavy (non-hydrogen) atoms. The van der Waals surface area contributed by atoms with E-state index in [9.17, 15) is 14.7 Å². The number of azo groups is 1. The quantitative estimate of drug-likeness (QED) is 0.215. The molecule has 3 aromatic rings. The maximum atomic E-state index is 12.5. The molecule has 4 N–H and O–H groups in total. The molecule has 2 aliphatic heterocycles. The highest BCUT2D eigenvalue weighted by Gasteiger charge is 2.26. The summed E-state index contributed by atoms with van der Waals surface area (Å²) in [7, 11) is 0. The first-order valence-electron chi connectivity index (χ1n) is 12.5. The summed E-state index contributed by atoms with van der Waals surface area (Å²) in [5, 5.41) is 28.4. The molecule has 6 rings (SSSR count). The number of aromatic hydroxyl groups is 1. The molecular formula is C28H25N7O3. The van der Waals surface area contributed by atoms with Crippen LogP contribution in [0.2, 0.25) is 0 Å². The number of nitrogens with zero attached hydrogens (tertiary/aromatic N) is 4. The van der Waals surface area contributed by atoms with E-state index in [-0.39, 0.29) is 11.3 Å². The maximum Gasteiger partial charge on any atom is 0.364 e. The second-order valence-electron chi connectivity index (χ2n) is 9.22. The summed E-state index contributed by atoms with van der Waals surface area (Å²) in [4.78, 5) is 30.8. The van der Waals surface area contributed by atoms with E-state index >= 15 is 0 Å². The third-order valence-electron chi connectivity index (χ3n) is 6.88. The summed E-state index contributed by atoms with van der Waals surface area (Å²) in [5.74, 6) is -0.649. The molecule has 0 spiro atoms. The molecule has 190 valence electrons. The standard InChI is InChI=1S/C28H25N7O3/c36-26-22-20(7-4-8-21(22)30-28(38)34-33-27(37)18-6-5-13-29-16-18)25-23(26)24(31-32-25)17-9-11-19(12-10-17)35-14-2-1-3-15-35/h4-13,16,31-32,36H,1-3,14-15H2,(H,30,38). The highest BCUT2D eigenvalue weighted by Crippen LogP contribution is 2.50. The molecular weight excluding hydrogens is 482 g/mol. The summed E-state index contributed by atoms with van der Waals surface area (Å²) < 4.78 is 0. The Hall–Kier alpha value is -4.99. The fourth-order valence-corrected chi connectivity index (χ4v) is 5.04. The minimum atomic E-state index is -0.834. The Labute approximate surface area is 217 Å². The number of fused-ring (bicyclic) bond motifs is 3. The highest BCUT2D eigenvalue weighted by molar-refractivity contribution is 6.16. The van der Waals surface area contributed by atoms with Crippen LogP contribution in [0.1, 0.15) is 29.6 Å². The van der Waals surface area contributed by atoms with Gasteiger partial charge in [0.2, 0.25) is 0 Å². The summed E-state index contributed by atoms with van der Waals surface area (Å²) in [6.07, 6.45) is 6.58. The largest absolute Gasteiger partial charge is 0.506 e. The van der Waals surface area contributed by atoms with Gasteiger partial charge in [-0.2, -0.15) is 0 Å². The predicted molar refractivity (Wildman–Crippen MR) is 145 cm³/mol. The molecule has 2 aromatic carbocycles. The third kappa shape index (κ3) is 4.26. The van der Waals surface area contributed by atoms with Crippen LogP contribution in [0.25, 0.3) is 33.3 Å². The number of amides is 3. The molecule has 1 aromatic heterocycles. The minimum absolute atomic E-state index is 0.0295. The zero-order chi connectivity index (χ0) is 26.1. The molecule has 1 saturated heterocycles. The van der Waals surface area contributed by atoms with Crippen molar-refractivity contribution < 1.29 is 14.7 Å². The van der Waals surface area contributed by atoms with Crippen molar-refractivity contribution in [3.63, 3.8) is 0 Å². The van der Waals surface area contributed by atoms with Crippen LogP contribution in [0.3, 0.4) is 0 Å². The van der Waals surface area contributed by atoms with Crippen molar-refractivity contribution in [1.29, 1.82) is 0 Å². The lowest BCUT2D eigenvalue weighted by Gasteiger charge is -2.28. The monoisotopic (exact) mass is 507 g/mol. The van der Waals surface area contributed by atoms with E-state index in [1.807, 2.05) is 18.2 Å². The number of aromatic nitrogens is 3. The number of urea groups is 1. The lowest BCUT2D eigenvalue weighted by atomic mass is 10.0. The zero-order valence-electron chi connectivity index (χ0n) is 20.4. The van der Waals surface area contributed by atoms with Crippen molar-refractivity contribution in [2.75, 3.05) is 23.3 Å². The number of hydrogen-bond donors (Lipinski definition) is 4. The number of rotatable bonds is 4. The van der Waals surface area contributed by atoms with E-state index in [1.54, 1.807) is 18.2 Å². The van der Waals surface area contributed by atoms with Gasteiger partial charge in [-0.05, 0) is 49.6 Å². The van der Waals surface area contributed by atoms with Crippen LogP contribution < -0.4 is 10.2 Å². The fraction of sp³-hybridized carbons (Fsp3) is 0.179. The van der Waals surface area contributed by atoms with E-state index in [1.165, 1.54) is 43.4 Å². The van der Waals surface area contributed by atoms with Crippen LogP contribution in [0.5, 0.6) is 5.75 Å². The average Bonchev–Trinajstić information content (AvgIpc) is 3.53. The molecule has 0 unspecified atom stereocenters. The van der Waals surface area contributed by atoms with Crippen molar-refractivity contribution in [2.45, 2.75) is 19.3 Å². The van der Waals surface area contributed by atoms with Gasteiger partial charge in [-0.3, -0.25) is 20.0 Å². The summed E-state index contributed by atoms with van der Waals surface area (Å²) in [5.41, 5.74) is 4.79. The van der Waals surface area contributed by atoms with Gasteiger partial charge in [0.1, 0.15) is 5.75 Å². The van der Waals surface area contributed by atoms with Crippen LogP contribution >= 0.6 is 0 Å². The Morgan fingerprint density at radius 1 is 0.921 bits per heavy atom. The van der Waals surface area contributed by atoms with Crippen LogP contribution in [0.4, 0.5) is 16.2 Å². The normalized spacial score (nSPS) is 13.9. The van der Waals surface area contributed by atoms with Crippen LogP contribution in [0, 0.1) is 0 Å². The van der Waals surface area contributed by atoms with E-state index in [2.05, 4.69) is 47.8 Å². The number of carbonyl (C=O) groups is 2. The van der Waals surface area contributed by atoms with Gasteiger partial charge in [-0.15, -0.1) is 5.11 Å². The van der Waals surface area contributed by atoms with Crippen LogP contribution in [0.15, 0.2) is 77.2 Å². The zero-order valence-corrected chi connectivity index (χ0v) is 20.4. The number of nitrogens with one attached hydrogen (secondary N) is 3. The van der Waals surface area contributed by atoms with Gasteiger partial charge in [0.25, 0.3) is 5.91 Å². The molecule has 0 saturated carbocycles. The lowest BCUT2D eigenvalue weighted by Crippen LogP contribution is -2.29. The second kappa shape index (κ2) is 9.81. The van der Waals surface area contributed by atoms with E-state index < -0.39 is 11.9 Å². The molecule has 1 aliphatic carbocycles. The first-order valence-corrected chi connectivity index (χ1v) is 12.5. The first-order chi connectivity index (χ1) is 18.6. The van der Waals surface area contributed by atoms with E-state index in [0.29, 0.717) is 16.6 Å². The Morgan fingerprint density at radius 2 is 1.71 bits per heavy atom. The average molecular weight is 508 g/mol. The number of carbonyl (C=O) groups excluding carboxylic acids is 2. The number of anilines is 2. The van der Waals surface area contributed by atoms with Crippen molar-refractivity contribution in [1.82, 2.24) is 15.2 Å². The van der Waals surface area contributed by atoms with Gasteiger partial charge in [0.15, 0.2) is 0 Å². The molecule has 0 atom stereocenters. The number of benzene rings is 2. The number of pyridine rings is 1. The highest BCUT2D eigenvalue weighted by atomic mass is 16.3. The Balaban J connectivity index is 1.28. The predicted octanol–water partition coefficient (Wildman–Crippen LogP) is 6.18. The van der Waals surface area contributed by atoms with Gasteiger partial charge < -0.3 is 15.3 Å². The Morgan fingerprint density at radius 3 is 2.47 bits per heavy atom. The number of aromatic amines is 2. The summed E-state index contributed by atoms with van der Waals surface area (Å²) >= 11 is 0. The molecule has 0 radical (unpaired) electrons. The number of H-pyrrole nitrogens is 2. The molecule has 1 fully saturated rings. The van der Waals surface area contributed by atoms with Crippen molar-refractivity contribution in [3.05, 3.63) is 72.6 Å². The van der Waals surface area contributed by atoms with E-state index in [4.69, 9.17) is 0 Å². The van der Waals surface area contributed by atoms with E-state index in [0.717, 1.165) is 35.4 Å². The number of hydrogen-bond acceptors (Lipinski definition) is 5. The third-order valence-corrected chi connectivity index (χ3v) is 6.88. The molecule has 3 heterocycles. The SMILES string of the molecule is O=C(N=NC(=O)c1cccnc1)Nc1cccc2c3[nH][nH]c(-c4ccc(N5CCCCC5)cc4)c-3c(O)c12. The van der Waals surface area contributed by atoms with Gasteiger partial charge >= 0.3 is 6.03 Å². The summed E-state index contributed by atoms with van der Waals surface area (Å²) in [6, 6.07) is 15.9. The summed E-state index contributed by atoms with van der Waals surface area (Å²) in [6.45, 7) is 2.14. The molecule has 10 nitrogen and oxygen atoms in total. The minimum Gasteiger partial charge on any atom is -0.506 e. The van der Waals surface area contributed by atoms with Crippen molar-refractivity contribution in [3.8, 4) is 28.3 Å². The molecule has 3 amide bonds. The van der Waals surface area contributed by atoms with Gasteiger partial charge in [-0.1, -0.05) is 29.4 Å². The Kier molecular flexibility index (Phi) is 6.04. The molecule has 10 heteroatoms. The first kappa shape index (κ1) is 23.4. The molecule has 3 aliphatic rings. The van der Waals surface area contributed by atoms with Crippen LogP contribution in [-0.2, 0) is 0 Å². The fourth-order valence-electron chi connectivity index (χ4n) is 5.04. The Bertz CT molecular complexity index is 1610. The topological polar surface area (TPSA) is 139 Å². The number of piperidine rings is 1. The smallest absolute Gasteiger partial charge is 0.364 e. The van der Waals surface area contributed by atoms with Crippen LogP contribution in [-0.4, -0.2) is 45.3 Å².